The highest BCUT2D eigenvalue weighted by Gasteiger charge is 2.28. The van der Waals surface area contributed by atoms with Gasteiger partial charge in [0.05, 0.1) is 11.6 Å². The van der Waals surface area contributed by atoms with Gasteiger partial charge in [-0.2, -0.15) is 5.26 Å². The van der Waals surface area contributed by atoms with Gasteiger partial charge in [-0.25, -0.2) is 4.39 Å². The summed E-state index contributed by atoms with van der Waals surface area (Å²) in [4.78, 5) is 14.2. The van der Waals surface area contributed by atoms with Crippen molar-refractivity contribution >= 4 is 28.1 Å². The smallest absolute Gasteiger partial charge is 0.231 e. The molecule has 118 valence electrons. The molecule has 1 aromatic heterocycles. The number of rotatable bonds is 3. The number of benzene rings is 1. The van der Waals surface area contributed by atoms with Gasteiger partial charge in [-0.3, -0.25) is 4.79 Å². The molecule has 3 rings (SSSR count). The third-order valence-corrected chi connectivity index (χ3v) is 4.43. The Morgan fingerprint density at radius 1 is 1.52 bits per heavy atom. The molecule has 0 unspecified atom stereocenters. The van der Waals surface area contributed by atoms with Crippen LogP contribution in [-0.2, 0) is 4.79 Å². The second kappa shape index (κ2) is 6.71. The molecular weight excluding hydrogens is 317 g/mol. The standard InChI is InChI=1S/C15H14FN5OS/c16-12-4-1-5-13(11(12)7-17)21-6-2-3-10(8-21)14(22)19-15-20-18-9-23-15/h1,4-5,9-10H,2-3,6,8H2,(H,19,20,22)/t10-/m1/s1. The van der Waals surface area contributed by atoms with Gasteiger partial charge in [0.2, 0.25) is 11.0 Å². The predicted octanol–water partition coefficient (Wildman–Crippen LogP) is 2.40. The van der Waals surface area contributed by atoms with E-state index in [1.807, 2.05) is 11.0 Å². The summed E-state index contributed by atoms with van der Waals surface area (Å²) >= 11 is 1.26. The highest BCUT2D eigenvalue weighted by Crippen LogP contribution is 2.28. The highest BCUT2D eigenvalue weighted by molar-refractivity contribution is 7.13. The van der Waals surface area contributed by atoms with E-state index in [0.29, 0.717) is 23.9 Å². The normalized spacial score (nSPS) is 17.6. The fourth-order valence-corrected chi connectivity index (χ4v) is 3.18. The van der Waals surface area contributed by atoms with Gasteiger partial charge in [-0.05, 0) is 25.0 Å². The van der Waals surface area contributed by atoms with Gasteiger partial charge >= 0.3 is 0 Å². The van der Waals surface area contributed by atoms with Crippen LogP contribution < -0.4 is 10.2 Å². The van der Waals surface area contributed by atoms with Crippen LogP contribution in [0.25, 0.3) is 0 Å². The molecule has 1 N–H and O–H groups in total. The molecule has 0 spiro atoms. The van der Waals surface area contributed by atoms with Gasteiger partial charge in [0.25, 0.3) is 0 Å². The Morgan fingerprint density at radius 2 is 2.39 bits per heavy atom. The fraction of sp³-hybridized carbons (Fsp3) is 0.333. The summed E-state index contributed by atoms with van der Waals surface area (Å²) in [6.45, 7) is 1.14. The number of nitriles is 1. The summed E-state index contributed by atoms with van der Waals surface area (Å²) in [5.41, 5.74) is 2.12. The quantitative estimate of drug-likeness (QED) is 0.934. The number of halogens is 1. The second-order valence-electron chi connectivity index (χ2n) is 5.26. The Labute approximate surface area is 136 Å². The first-order valence-electron chi connectivity index (χ1n) is 7.19. The van der Waals surface area contributed by atoms with E-state index in [9.17, 15) is 9.18 Å². The molecule has 1 aliphatic rings. The van der Waals surface area contributed by atoms with Crippen LogP contribution in [0.4, 0.5) is 15.2 Å². The van der Waals surface area contributed by atoms with Crippen LogP contribution in [0.15, 0.2) is 23.7 Å². The van der Waals surface area contributed by atoms with Crippen LogP contribution in [0, 0.1) is 23.1 Å². The van der Waals surface area contributed by atoms with Gasteiger partial charge < -0.3 is 10.2 Å². The average Bonchev–Trinajstić information content (AvgIpc) is 3.07. The molecule has 2 heterocycles. The van der Waals surface area contributed by atoms with E-state index in [0.717, 1.165) is 12.8 Å². The van der Waals surface area contributed by atoms with Gasteiger partial charge in [0, 0.05) is 13.1 Å². The van der Waals surface area contributed by atoms with Crippen molar-refractivity contribution in [3.8, 4) is 6.07 Å². The molecule has 1 aromatic carbocycles. The highest BCUT2D eigenvalue weighted by atomic mass is 32.1. The summed E-state index contributed by atoms with van der Waals surface area (Å²) in [6, 6.07) is 6.47. The lowest BCUT2D eigenvalue weighted by Crippen LogP contribution is -2.41. The Bertz CT molecular complexity index is 743. The minimum atomic E-state index is -0.537. The summed E-state index contributed by atoms with van der Waals surface area (Å²) in [6.07, 6.45) is 1.55. The molecule has 1 aliphatic heterocycles. The second-order valence-corrected chi connectivity index (χ2v) is 6.10. The van der Waals surface area contributed by atoms with E-state index in [1.54, 1.807) is 17.6 Å². The molecule has 0 saturated carbocycles. The topological polar surface area (TPSA) is 81.9 Å². The minimum Gasteiger partial charge on any atom is -0.370 e. The molecule has 0 radical (unpaired) electrons. The van der Waals surface area contributed by atoms with Crippen LogP contribution in [0.5, 0.6) is 0 Å². The van der Waals surface area contributed by atoms with Crippen molar-refractivity contribution in [2.24, 2.45) is 5.92 Å². The van der Waals surface area contributed by atoms with Crippen molar-refractivity contribution in [3.05, 3.63) is 35.1 Å². The number of carbonyl (C=O) groups excluding carboxylic acids is 1. The Morgan fingerprint density at radius 3 is 3.13 bits per heavy atom. The Kier molecular flexibility index (Phi) is 4.48. The van der Waals surface area contributed by atoms with E-state index >= 15 is 0 Å². The first kappa shape index (κ1) is 15.4. The first-order valence-corrected chi connectivity index (χ1v) is 8.07. The zero-order valence-corrected chi connectivity index (χ0v) is 13.0. The molecule has 0 aliphatic carbocycles. The first-order chi connectivity index (χ1) is 11.2. The zero-order valence-electron chi connectivity index (χ0n) is 12.2. The van der Waals surface area contributed by atoms with Crippen molar-refractivity contribution in [2.75, 3.05) is 23.3 Å². The maximum atomic E-state index is 13.8. The number of hydrogen-bond acceptors (Lipinski definition) is 6. The summed E-state index contributed by atoms with van der Waals surface area (Å²) < 4.78 is 13.8. The SMILES string of the molecule is N#Cc1c(F)cccc1N1CCC[C@@H](C(=O)Nc2nncs2)C1. The minimum absolute atomic E-state index is 0.0256. The number of anilines is 2. The van der Waals surface area contributed by atoms with Crippen molar-refractivity contribution in [3.63, 3.8) is 0 Å². The molecule has 2 aromatic rings. The summed E-state index contributed by atoms with van der Waals surface area (Å²) in [7, 11) is 0. The zero-order chi connectivity index (χ0) is 16.2. The lowest BCUT2D eigenvalue weighted by atomic mass is 9.96. The predicted molar refractivity (Wildman–Crippen MR) is 84.6 cm³/mol. The number of nitrogens with one attached hydrogen (secondary N) is 1. The molecule has 1 fully saturated rings. The molecule has 8 heteroatoms. The number of carbonyl (C=O) groups is 1. The largest absolute Gasteiger partial charge is 0.370 e. The van der Waals surface area contributed by atoms with Crippen LogP contribution in [0.1, 0.15) is 18.4 Å². The van der Waals surface area contributed by atoms with Gasteiger partial charge in [-0.1, -0.05) is 17.4 Å². The number of piperidine rings is 1. The molecule has 23 heavy (non-hydrogen) atoms. The van der Waals surface area contributed by atoms with Crippen LogP contribution in [0.2, 0.25) is 0 Å². The number of aromatic nitrogens is 2. The van der Waals surface area contributed by atoms with Gasteiger partial charge in [0.15, 0.2) is 0 Å². The fourth-order valence-electron chi connectivity index (χ4n) is 2.73. The lowest BCUT2D eigenvalue weighted by Gasteiger charge is -2.34. The van der Waals surface area contributed by atoms with Crippen LogP contribution in [0.3, 0.4) is 0 Å². The van der Waals surface area contributed by atoms with E-state index in [2.05, 4.69) is 15.5 Å². The molecule has 0 bridgehead atoms. The maximum absolute atomic E-state index is 13.8. The lowest BCUT2D eigenvalue weighted by molar-refractivity contribution is -0.120. The average molecular weight is 331 g/mol. The van der Waals surface area contributed by atoms with Crippen molar-refractivity contribution in [2.45, 2.75) is 12.8 Å². The molecule has 1 atom stereocenters. The van der Waals surface area contributed by atoms with Gasteiger partial charge in [0.1, 0.15) is 23.0 Å². The number of hydrogen-bond donors (Lipinski definition) is 1. The third kappa shape index (κ3) is 3.29. The summed E-state index contributed by atoms with van der Waals surface area (Å²) in [5, 5.41) is 19.9. The van der Waals surface area contributed by atoms with Crippen molar-refractivity contribution in [1.82, 2.24) is 10.2 Å². The van der Waals surface area contributed by atoms with Crippen molar-refractivity contribution in [1.29, 1.82) is 5.26 Å². The van der Waals surface area contributed by atoms with E-state index in [1.165, 1.54) is 17.4 Å². The number of nitrogens with zero attached hydrogens (tertiary/aromatic N) is 4. The van der Waals surface area contributed by atoms with E-state index in [-0.39, 0.29) is 17.4 Å². The molecule has 1 amide bonds. The van der Waals surface area contributed by atoms with Crippen LogP contribution in [-0.4, -0.2) is 29.2 Å². The van der Waals surface area contributed by atoms with Crippen molar-refractivity contribution < 1.29 is 9.18 Å². The molecule has 1 saturated heterocycles. The van der Waals surface area contributed by atoms with E-state index < -0.39 is 5.82 Å². The molecule has 6 nitrogen and oxygen atoms in total. The van der Waals surface area contributed by atoms with Gasteiger partial charge in [-0.15, -0.1) is 10.2 Å². The monoisotopic (exact) mass is 331 g/mol. The summed E-state index contributed by atoms with van der Waals surface area (Å²) in [5.74, 6) is -0.894. The number of amides is 1. The Hall–Kier alpha value is -2.53. The third-order valence-electron chi connectivity index (χ3n) is 3.83. The maximum Gasteiger partial charge on any atom is 0.231 e. The van der Waals surface area contributed by atoms with Crippen LogP contribution >= 0.6 is 11.3 Å². The molecular formula is C15H14FN5OS. The van der Waals surface area contributed by atoms with E-state index in [4.69, 9.17) is 5.26 Å². The Balaban J connectivity index is 1.75.